The molecule has 158 valence electrons. The van der Waals surface area contributed by atoms with E-state index in [9.17, 15) is 13.6 Å². The van der Waals surface area contributed by atoms with E-state index in [-0.39, 0.29) is 17.5 Å². The van der Waals surface area contributed by atoms with Gasteiger partial charge in [0.2, 0.25) is 0 Å². The highest BCUT2D eigenvalue weighted by Crippen LogP contribution is 2.28. The fourth-order valence-corrected chi connectivity index (χ4v) is 4.94. The maximum absolute atomic E-state index is 14.1. The fourth-order valence-electron chi connectivity index (χ4n) is 4.12. The van der Waals surface area contributed by atoms with Crippen molar-refractivity contribution in [3.8, 4) is 0 Å². The van der Waals surface area contributed by atoms with Gasteiger partial charge < -0.3 is 14.4 Å². The van der Waals surface area contributed by atoms with Crippen LogP contribution < -0.4 is 4.90 Å². The summed E-state index contributed by atoms with van der Waals surface area (Å²) in [4.78, 5) is 17.2. The van der Waals surface area contributed by atoms with Crippen LogP contribution in [0.25, 0.3) is 10.2 Å². The number of halogens is 2. The molecule has 1 saturated heterocycles. The van der Waals surface area contributed by atoms with E-state index in [0.29, 0.717) is 44.1 Å². The van der Waals surface area contributed by atoms with Gasteiger partial charge in [0.05, 0.1) is 15.9 Å². The largest absolute Gasteiger partial charge is 0.366 e. The summed E-state index contributed by atoms with van der Waals surface area (Å²) in [6.07, 6.45) is 0. The Bertz CT molecular complexity index is 1220. The van der Waals surface area contributed by atoms with E-state index < -0.39 is 0 Å². The topological polar surface area (TPSA) is 28.5 Å². The molecular formula is C24H21F2N3OS. The third-order valence-corrected chi connectivity index (χ3v) is 6.61. The lowest BCUT2D eigenvalue weighted by atomic mass is 10.2. The van der Waals surface area contributed by atoms with Crippen LogP contribution in [0.2, 0.25) is 0 Å². The zero-order chi connectivity index (χ0) is 21.4. The van der Waals surface area contributed by atoms with Crippen molar-refractivity contribution >= 4 is 33.1 Å². The third kappa shape index (κ3) is 3.81. The monoisotopic (exact) mass is 437 g/mol. The van der Waals surface area contributed by atoms with Crippen LogP contribution >= 0.6 is 11.3 Å². The Labute approximate surface area is 182 Å². The number of carbonyl (C=O) groups is 1. The first-order valence-electron chi connectivity index (χ1n) is 10.2. The highest BCUT2D eigenvalue weighted by atomic mass is 32.1. The lowest BCUT2D eigenvalue weighted by molar-refractivity contribution is 0.0736. The summed E-state index contributed by atoms with van der Waals surface area (Å²) in [7, 11) is 0. The number of rotatable bonds is 4. The number of anilines is 1. The summed E-state index contributed by atoms with van der Waals surface area (Å²) in [5.74, 6) is -0.546. The highest BCUT2D eigenvalue weighted by molar-refractivity contribution is 7.17. The minimum Gasteiger partial charge on any atom is -0.366 e. The highest BCUT2D eigenvalue weighted by Gasteiger charge is 2.26. The van der Waals surface area contributed by atoms with Crippen molar-refractivity contribution in [2.75, 3.05) is 31.1 Å². The molecule has 1 aliphatic heterocycles. The Balaban J connectivity index is 1.37. The molecule has 0 atom stereocenters. The number of para-hydroxylation sites is 1. The number of nitrogens with zero attached hydrogens (tertiary/aromatic N) is 3. The van der Waals surface area contributed by atoms with Gasteiger partial charge in [-0.1, -0.05) is 24.3 Å². The minimum absolute atomic E-state index is 0.0290. The van der Waals surface area contributed by atoms with Crippen molar-refractivity contribution in [2.24, 2.45) is 0 Å². The van der Waals surface area contributed by atoms with Crippen LogP contribution in [0.15, 0.2) is 66.0 Å². The van der Waals surface area contributed by atoms with E-state index >= 15 is 0 Å². The van der Waals surface area contributed by atoms with Crippen molar-refractivity contribution in [1.29, 1.82) is 0 Å². The van der Waals surface area contributed by atoms with Crippen molar-refractivity contribution in [2.45, 2.75) is 6.54 Å². The number of fused-ring (bicyclic) bond motifs is 1. The molecule has 0 unspecified atom stereocenters. The van der Waals surface area contributed by atoms with Gasteiger partial charge in [0.1, 0.15) is 17.3 Å². The molecule has 2 aromatic heterocycles. The predicted molar refractivity (Wildman–Crippen MR) is 120 cm³/mol. The number of benzene rings is 2. The fraction of sp³-hybridized carbons (Fsp3) is 0.208. The maximum Gasteiger partial charge on any atom is 0.270 e. The molecule has 7 heteroatoms. The Morgan fingerprint density at radius 1 is 0.935 bits per heavy atom. The standard InChI is InChI=1S/C24H21F2N3OS/c25-18-7-5-17(6-8-18)16-29-21-9-14-31-23(21)15-22(29)24(30)28-12-10-27(11-13-28)20-4-2-1-3-19(20)26/h1-9,14-15H,10-13,16H2. The van der Waals surface area contributed by atoms with Crippen molar-refractivity contribution in [3.05, 3.63) is 88.9 Å². The van der Waals surface area contributed by atoms with Gasteiger partial charge in [-0.15, -0.1) is 11.3 Å². The van der Waals surface area contributed by atoms with E-state index in [1.54, 1.807) is 35.6 Å². The lowest BCUT2D eigenvalue weighted by Gasteiger charge is -2.36. The Hall–Kier alpha value is -3.19. The summed E-state index contributed by atoms with van der Waals surface area (Å²) in [6.45, 7) is 2.72. The number of aromatic nitrogens is 1. The minimum atomic E-state index is -0.277. The molecule has 0 N–H and O–H groups in total. The second-order valence-corrected chi connectivity index (χ2v) is 8.59. The average Bonchev–Trinajstić information content (AvgIpc) is 3.38. The molecule has 1 fully saturated rings. The first-order chi connectivity index (χ1) is 15.1. The van der Waals surface area contributed by atoms with Gasteiger partial charge in [-0.25, -0.2) is 8.78 Å². The van der Waals surface area contributed by atoms with E-state index in [1.165, 1.54) is 18.2 Å². The second kappa shape index (κ2) is 8.15. The van der Waals surface area contributed by atoms with Crippen LogP contribution in [0.1, 0.15) is 16.1 Å². The summed E-state index contributed by atoms with van der Waals surface area (Å²) in [5.41, 5.74) is 3.14. The van der Waals surface area contributed by atoms with Gasteiger partial charge in [0.25, 0.3) is 5.91 Å². The van der Waals surface area contributed by atoms with Crippen molar-refractivity contribution < 1.29 is 13.6 Å². The van der Waals surface area contributed by atoms with Gasteiger partial charge in [-0.05, 0) is 47.3 Å². The second-order valence-electron chi connectivity index (χ2n) is 7.64. The SMILES string of the molecule is O=C(c1cc2sccc2n1Cc1ccc(F)cc1)N1CCN(c2ccccc2F)CC1. The molecule has 2 aromatic carbocycles. The van der Waals surface area contributed by atoms with Crippen LogP contribution in [0.5, 0.6) is 0 Å². The lowest BCUT2D eigenvalue weighted by Crippen LogP contribution is -2.49. The molecule has 0 saturated carbocycles. The predicted octanol–water partition coefficient (Wildman–Crippen LogP) is 4.99. The van der Waals surface area contributed by atoms with Crippen LogP contribution in [0, 0.1) is 11.6 Å². The quantitative estimate of drug-likeness (QED) is 0.450. The molecule has 1 amide bonds. The number of hydrogen-bond donors (Lipinski definition) is 0. The molecule has 0 spiro atoms. The number of piperazine rings is 1. The van der Waals surface area contributed by atoms with Crippen LogP contribution in [-0.2, 0) is 6.54 Å². The molecular weight excluding hydrogens is 416 g/mol. The van der Waals surface area contributed by atoms with Gasteiger partial charge in [-0.3, -0.25) is 4.79 Å². The molecule has 31 heavy (non-hydrogen) atoms. The molecule has 5 rings (SSSR count). The summed E-state index contributed by atoms with van der Waals surface area (Å²) in [5, 5.41) is 2.01. The Morgan fingerprint density at radius 2 is 1.68 bits per heavy atom. The summed E-state index contributed by atoms with van der Waals surface area (Å²) in [6, 6.07) is 17.1. The van der Waals surface area contributed by atoms with Gasteiger partial charge in [0.15, 0.2) is 0 Å². The first-order valence-corrected chi connectivity index (χ1v) is 11.1. The molecule has 0 radical (unpaired) electrons. The molecule has 4 nitrogen and oxygen atoms in total. The number of hydrogen-bond acceptors (Lipinski definition) is 3. The normalized spacial score (nSPS) is 14.4. The summed E-state index contributed by atoms with van der Waals surface area (Å²) < 4.78 is 30.5. The van der Waals surface area contributed by atoms with Gasteiger partial charge in [0, 0.05) is 32.7 Å². The van der Waals surface area contributed by atoms with Crippen molar-refractivity contribution in [3.63, 3.8) is 0 Å². The summed E-state index contributed by atoms with van der Waals surface area (Å²) >= 11 is 1.60. The number of amides is 1. The average molecular weight is 438 g/mol. The zero-order valence-corrected chi connectivity index (χ0v) is 17.6. The molecule has 3 heterocycles. The Kier molecular flexibility index (Phi) is 5.19. The van der Waals surface area contributed by atoms with E-state index in [0.717, 1.165) is 15.8 Å². The van der Waals surface area contributed by atoms with E-state index in [2.05, 4.69) is 0 Å². The molecule has 0 aliphatic carbocycles. The smallest absolute Gasteiger partial charge is 0.270 e. The Morgan fingerprint density at radius 3 is 2.42 bits per heavy atom. The molecule has 1 aliphatic rings. The van der Waals surface area contributed by atoms with Gasteiger partial charge in [-0.2, -0.15) is 0 Å². The van der Waals surface area contributed by atoms with E-state index in [4.69, 9.17) is 0 Å². The van der Waals surface area contributed by atoms with Crippen LogP contribution in [0.4, 0.5) is 14.5 Å². The van der Waals surface area contributed by atoms with Crippen LogP contribution in [-0.4, -0.2) is 41.6 Å². The number of carbonyl (C=O) groups excluding carboxylic acids is 1. The molecule has 4 aromatic rings. The maximum atomic E-state index is 14.1. The van der Waals surface area contributed by atoms with E-state index in [1.807, 2.05) is 37.9 Å². The first kappa shape index (κ1) is 19.8. The van der Waals surface area contributed by atoms with Gasteiger partial charge >= 0.3 is 0 Å². The zero-order valence-electron chi connectivity index (χ0n) is 16.8. The third-order valence-electron chi connectivity index (χ3n) is 5.76. The van der Waals surface area contributed by atoms with Crippen LogP contribution in [0.3, 0.4) is 0 Å². The van der Waals surface area contributed by atoms with Crippen molar-refractivity contribution in [1.82, 2.24) is 9.47 Å². The molecule has 0 bridgehead atoms. The number of thiophene rings is 1.